The Hall–Kier alpha value is -3.06. The first-order valence-electron chi connectivity index (χ1n) is 7.59. The van der Waals surface area contributed by atoms with E-state index in [2.05, 4.69) is 5.43 Å². The van der Waals surface area contributed by atoms with Crippen LogP contribution in [0.3, 0.4) is 0 Å². The fourth-order valence-electron chi connectivity index (χ4n) is 2.43. The van der Waals surface area contributed by atoms with Crippen LogP contribution in [0.1, 0.15) is 22.5 Å². The monoisotopic (exact) mass is 355 g/mol. The van der Waals surface area contributed by atoms with Crippen LogP contribution in [0.4, 0.5) is 0 Å². The molecule has 25 heavy (non-hydrogen) atoms. The van der Waals surface area contributed by atoms with Gasteiger partial charge in [0.25, 0.3) is 5.91 Å². The molecule has 3 aromatic rings. The zero-order chi connectivity index (χ0) is 17.8. The number of benzene rings is 1. The number of phenols is 1. The van der Waals surface area contributed by atoms with Crippen LogP contribution >= 0.6 is 11.3 Å². The Labute approximate surface area is 147 Å². The summed E-state index contributed by atoms with van der Waals surface area (Å²) in [7, 11) is 0. The van der Waals surface area contributed by atoms with Gasteiger partial charge in [-0.3, -0.25) is 14.9 Å². The number of aliphatic carboxylic acids is 1. The molecule has 1 amide bonds. The van der Waals surface area contributed by atoms with Gasteiger partial charge in [0.1, 0.15) is 5.75 Å². The van der Waals surface area contributed by atoms with Gasteiger partial charge in [-0.2, -0.15) is 0 Å². The molecule has 6 nitrogen and oxygen atoms in total. The van der Waals surface area contributed by atoms with Crippen molar-refractivity contribution in [2.75, 3.05) is 5.43 Å². The Bertz CT molecular complexity index is 882. The minimum absolute atomic E-state index is 0.0754. The lowest BCUT2D eigenvalue weighted by Gasteiger charge is -2.15. The minimum Gasteiger partial charge on any atom is -0.550 e. The molecule has 0 atom stereocenters. The lowest BCUT2D eigenvalue weighted by Crippen LogP contribution is -2.27. The summed E-state index contributed by atoms with van der Waals surface area (Å²) in [4.78, 5) is 24.2. The third kappa shape index (κ3) is 3.89. The van der Waals surface area contributed by atoms with E-state index in [1.54, 1.807) is 10.7 Å². The number of carboxylic acids is 1. The van der Waals surface area contributed by atoms with Crippen molar-refractivity contribution in [3.63, 3.8) is 0 Å². The molecule has 0 bridgehead atoms. The highest BCUT2D eigenvalue weighted by atomic mass is 32.1. The molecule has 0 aliphatic rings. The van der Waals surface area contributed by atoms with E-state index >= 15 is 0 Å². The molecule has 3 rings (SSSR count). The van der Waals surface area contributed by atoms with Crippen LogP contribution in [-0.2, 0) is 11.2 Å². The van der Waals surface area contributed by atoms with E-state index < -0.39 is 5.97 Å². The number of thiophene rings is 1. The summed E-state index contributed by atoms with van der Waals surface area (Å²) in [5.41, 5.74) is 4.62. The van der Waals surface area contributed by atoms with Crippen molar-refractivity contribution >= 4 is 23.2 Å². The highest BCUT2D eigenvalue weighted by Crippen LogP contribution is 2.27. The Balaban J connectivity index is 1.91. The fourth-order valence-corrected chi connectivity index (χ4v) is 3.17. The summed E-state index contributed by atoms with van der Waals surface area (Å²) in [5.74, 6) is -1.43. The highest BCUT2D eigenvalue weighted by molar-refractivity contribution is 7.13. The van der Waals surface area contributed by atoms with Crippen LogP contribution in [0.25, 0.3) is 10.6 Å². The predicted octanol–water partition coefficient (Wildman–Crippen LogP) is 1.99. The van der Waals surface area contributed by atoms with Crippen LogP contribution < -0.4 is 10.5 Å². The van der Waals surface area contributed by atoms with Gasteiger partial charge in [-0.25, -0.2) is 0 Å². The van der Waals surface area contributed by atoms with Gasteiger partial charge in [0.05, 0.1) is 10.6 Å². The van der Waals surface area contributed by atoms with Gasteiger partial charge in [0.2, 0.25) is 0 Å². The van der Waals surface area contributed by atoms with E-state index in [9.17, 15) is 19.8 Å². The van der Waals surface area contributed by atoms with Crippen LogP contribution in [0.5, 0.6) is 5.75 Å². The molecule has 2 heterocycles. The topological polar surface area (TPSA) is 94.4 Å². The number of carboxylic acid groups (broad SMARTS) is 1. The smallest absolute Gasteiger partial charge is 0.270 e. The lowest BCUT2D eigenvalue weighted by molar-refractivity contribution is -0.305. The first kappa shape index (κ1) is 16.8. The Morgan fingerprint density at radius 3 is 2.52 bits per heavy atom. The second-order valence-electron chi connectivity index (χ2n) is 5.38. The third-order valence-electron chi connectivity index (χ3n) is 3.66. The standard InChI is InChI=1S/C18H16N2O4S/c21-14-7-3-12(4-8-14)18(24)19-20-13(6-10-17(22)23)5-9-15(20)16-2-1-11-25-16/h1-5,7-9,11,21H,6,10H2,(H,19,24)(H,22,23)/p-1. The maximum atomic E-state index is 12.5. The van der Waals surface area contributed by atoms with Crippen molar-refractivity contribution in [1.29, 1.82) is 0 Å². The molecule has 128 valence electrons. The van der Waals surface area contributed by atoms with Crippen LogP contribution in [0.15, 0.2) is 53.9 Å². The Morgan fingerprint density at radius 2 is 1.88 bits per heavy atom. The molecular formula is C18H15N2O4S-. The molecule has 2 aromatic heterocycles. The summed E-state index contributed by atoms with van der Waals surface area (Å²) in [5, 5.41) is 22.0. The zero-order valence-corrected chi connectivity index (χ0v) is 14.0. The van der Waals surface area contributed by atoms with Gasteiger partial charge in [-0.15, -0.1) is 11.3 Å². The predicted molar refractivity (Wildman–Crippen MR) is 92.9 cm³/mol. The molecule has 0 fully saturated rings. The van der Waals surface area contributed by atoms with E-state index in [4.69, 9.17) is 0 Å². The fraction of sp³-hybridized carbons (Fsp3) is 0.111. The SMILES string of the molecule is O=C([O-])CCc1ccc(-c2cccs2)n1NC(=O)c1ccc(O)cc1. The average Bonchev–Trinajstić information content (AvgIpc) is 3.23. The van der Waals surface area contributed by atoms with Crippen LogP contribution in [-0.4, -0.2) is 21.7 Å². The summed E-state index contributed by atoms with van der Waals surface area (Å²) in [6.45, 7) is 0. The quantitative estimate of drug-likeness (QED) is 0.707. The van der Waals surface area contributed by atoms with Gasteiger partial charge in [-0.1, -0.05) is 6.07 Å². The molecule has 0 aliphatic heterocycles. The number of carbonyl (C=O) groups is 2. The number of rotatable bonds is 6. The van der Waals surface area contributed by atoms with Crippen molar-refractivity contribution in [2.45, 2.75) is 12.8 Å². The van der Waals surface area contributed by atoms with Gasteiger partial charge >= 0.3 is 0 Å². The first-order chi connectivity index (χ1) is 12.0. The Morgan fingerprint density at radius 1 is 1.12 bits per heavy atom. The summed E-state index contributed by atoms with van der Waals surface area (Å²) in [6, 6.07) is 13.3. The maximum Gasteiger partial charge on any atom is 0.270 e. The van der Waals surface area contributed by atoms with Gasteiger partial charge in [0.15, 0.2) is 0 Å². The normalized spacial score (nSPS) is 10.6. The number of aryl methyl sites for hydroxylation is 1. The molecular weight excluding hydrogens is 340 g/mol. The van der Waals surface area contributed by atoms with E-state index in [1.165, 1.54) is 35.6 Å². The number of nitrogens with zero attached hydrogens (tertiary/aromatic N) is 1. The van der Waals surface area contributed by atoms with Crippen molar-refractivity contribution in [2.24, 2.45) is 0 Å². The largest absolute Gasteiger partial charge is 0.550 e. The van der Waals surface area contributed by atoms with E-state index in [1.807, 2.05) is 23.6 Å². The molecule has 2 N–H and O–H groups in total. The second-order valence-corrected chi connectivity index (χ2v) is 6.33. The summed E-state index contributed by atoms with van der Waals surface area (Å²) in [6.07, 6.45) is 0.104. The maximum absolute atomic E-state index is 12.5. The summed E-state index contributed by atoms with van der Waals surface area (Å²) >= 11 is 1.52. The van der Waals surface area contributed by atoms with Gasteiger partial charge in [-0.05, 0) is 60.7 Å². The number of amides is 1. The molecule has 1 aromatic carbocycles. The van der Waals surface area contributed by atoms with Gasteiger partial charge in [0, 0.05) is 17.2 Å². The number of carbonyl (C=O) groups excluding carboxylic acids is 2. The van der Waals surface area contributed by atoms with Crippen molar-refractivity contribution in [3.05, 3.63) is 65.2 Å². The molecule has 7 heteroatoms. The molecule has 0 unspecified atom stereocenters. The second kappa shape index (κ2) is 7.23. The number of hydrogen-bond donors (Lipinski definition) is 2. The first-order valence-corrected chi connectivity index (χ1v) is 8.47. The molecule has 0 spiro atoms. The molecule has 0 aliphatic carbocycles. The average molecular weight is 355 g/mol. The highest BCUT2D eigenvalue weighted by Gasteiger charge is 2.14. The van der Waals surface area contributed by atoms with Crippen molar-refractivity contribution in [1.82, 2.24) is 4.68 Å². The van der Waals surface area contributed by atoms with E-state index in [0.29, 0.717) is 11.3 Å². The number of aromatic nitrogens is 1. The number of nitrogens with one attached hydrogen (secondary N) is 1. The lowest BCUT2D eigenvalue weighted by atomic mass is 10.2. The number of phenolic OH excluding ortho intramolecular Hbond substituents is 1. The third-order valence-corrected chi connectivity index (χ3v) is 4.56. The van der Waals surface area contributed by atoms with E-state index in [-0.39, 0.29) is 24.5 Å². The zero-order valence-electron chi connectivity index (χ0n) is 13.1. The van der Waals surface area contributed by atoms with Crippen LogP contribution in [0, 0.1) is 0 Å². The molecule has 0 saturated carbocycles. The minimum atomic E-state index is -1.14. The van der Waals surface area contributed by atoms with Crippen molar-refractivity contribution < 1.29 is 19.8 Å². The van der Waals surface area contributed by atoms with E-state index in [0.717, 1.165) is 10.6 Å². The number of hydrogen-bond acceptors (Lipinski definition) is 5. The number of aromatic hydroxyl groups is 1. The van der Waals surface area contributed by atoms with Crippen molar-refractivity contribution in [3.8, 4) is 16.3 Å². The Kier molecular flexibility index (Phi) is 4.85. The molecule has 0 saturated heterocycles. The summed E-state index contributed by atoms with van der Waals surface area (Å²) < 4.78 is 1.60. The van der Waals surface area contributed by atoms with Crippen LogP contribution in [0.2, 0.25) is 0 Å². The molecule has 0 radical (unpaired) electrons. The van der Waals surface area contributed by atoms with Gasteiger partial charge < -0.3 is 15.0 Å².